The van der Waals surface area contributed by atoms with E-state index in [1.807, 2.05) is 66.7 Å². The summed E-state index contributed by atoms with van der Waals surface area (Å²) in [5, 5.41) is 4.62. The number of aryl methyl sites for hydroxylation is 1. The molecule has 1 saturated heterocycles. The molecule has 0 unspecified atom stereocenters. The Balaban J connectivity index is 1.37. The molecule has 4 aromatic rings. The minimum atomic E-state index is -0.331. The second-order valence-corrected chi connectivity index (χ2v) is 9.03. The van der Waals surface area contributed by atoms with E-state index in [-0.39, 0.29) is 23.0 Å². The minimum absolute atomic E-state index is 0.0541. The van der Waals surface area contributed by atoms with Gasteiger partial charge in [-0.3, -0.25) is 14.5 Å². The normalized spacial score (nSPS) is 15.8. The van der Waals surface area contributed by atoms with Crippen LogP contribution in [0.5, 0.6) is 0 Å². The van der Waals surface area contributed by atoms with Crippen molar-refractivity contribution in [3.05, 3.63) is 107 Å². The van der Waals surface area contributed by atoms with Crippen LogP contribution in [-0.4, -0.2) is 17.6 Å². The molecule has 1 heterocycles. The first-order valence-corrected chi connectivity index (χ1v) is 11.6. The van der Waals surface area contributed by atoms with Gasteiger partial charge in [-0.1, -0.05) is 54.6 Å². The van der Waals surface area contributed by atoms with Gasteiger partial charge >= 0.3 is 0 Å². The molecule has 1 aliphatic rings. The molecule has 0 saturated carbocycles. The van der Waals surface area contributed by atoms with Gasteiger partial charge in [0.15, 0.2) is 0 Å². The van der Waals surface area contributed by atoms with Crippen molar-refractivity contribution in [2.45, 2.75) is 12.3 Å². The number of nitrogens with zero attached hydrogens (tertiary/aromatic N) is 1. The van der Waals surface area contributed by atoms with Crippen LogP contribution in [0.1, 0.15) is 26.9 Å². The van der Waals surface area contributed by atoms with Crippen LogP contribution in [0.2, 0.25) is 0 Å². The maximum atomic E-state index is 14.1. The van der Waals surface area contributed by atoms with Crippen LogP contribution in [0.25, 0.3) is 10.8 Å². The molecular formula is C27H21FN2O2S. The Kier molecular flexibility index (Phi) is 5.60. The predicted molar refractivity (Wildman–Crippen MR) is 132 cm³/mol. The van der Waals surface area contributed by atoms with E-state index in [2.05, 4.69) is 5.32 Å². The number of anilines is 2. The van der Waals surface area contributed by atoms with Gasteiger partial charge in [0.2, 0.25) is 5.91 Å². The second kappa shape index (κ2) is 8.71. The summed E-state index contributed by atoms with van der Waals surface area (Å²) in [4.78, 5) is 27.1. The molecule has 0 aliphatic carbocycles. The highest BCUT2D eigenvalue weighted by Crippen LogP contribution is 2.42. The lowest BCUT2D eigenvalue weighted by molar-refractivity contribution is -0.115. The number of hydrogen-bond acceptors (Lipinski definition) is 3. The Morgan fingerprint density at radius 2 is 1.76 bits per heavy atom. The van der Waals surface area contributed by atoms with Crippen molar-refractivity contribution in [3.8, 4) is 0 Å². The first-order chi connectivity index (χ1) is 16.0. The Morgan fingerprint density at radius 3 is 2.55 bits per heavy atom. The van der Waals surface area contributed by atoms with Crippen LogP contribution < -0.4 is 10.2 Å². The van der Waals surface area contributed by atoms with E-state index in [1.165, 1.54) is 17.8 Å². The summed E-state index contributed by atoms with van der Waals surface area (Å²) in [6.07, 6.45) is 0. The van der Waals surface area contributed by atoms with Gasteiger partial charge in [0.05, 0.1) is 5.75 Å². The Hall–Kier alpha value is -3.64. The fraction of sp³-hybridized carbons (Fsp3) is 0.111. The number of nitrogens with one attached hydrogen (secondary N) is 1. The smallest absolute Gasteiger partial charge is 0.256 e. The van der Waals surface area contributed by atoms with E-state index in [0.717, 1.165) is 16.3 Å². The Labute approximate surface area is 195 Å². The van der Waals surface area contributed by atoms with Crippen molar-refractivity contribution in [2.24, 2.45) is 0 Å². The minimum Gasteiger partial charge on any atom is -0.322 e. The number of thioether (sulfide) groups is 1. The lowest BCUT2D eigenvalue weighted by atomic mass is 10.0. The fourth-order valence-corrected chi connectivity index (χ4v) is 5.21. The SMILES string of the molecule is Cc1ccc(N2C(=O)CS[C@H]2c2ccc(NC(=O)c3cccc4ccccc34)cc2)cc1F. The standard InChI is InChI=1S/C27H21FN2O2S/c1-17-9-14-21(15-24(17)28)30-25(31)16-33-27(30)19-10-12-20(13-11-19)29-26(32)23-8-4-6-18-5-2-3-7-22(18)23/h2-15,27H,16H2,1H3,(H,29,32)/t27-/m0/s1. The lowest BCUT2D eigenvalue weighted by Gasteiger charge is -2.25. The fourth-order valence-electron chi connectivity index (χ4n) is 4.03. The molecule has 33 heavy (non-hydrogen) atoms. The summed E-state index contributed by atoms with van der Waals surface area (Å²) >= 11 is 1.50. The quantitative estimate of drug-likeness (QED) is 0.391. The number of carbonyl (C=O) groups excluding carboxylic acids is 2. The number of benzene rings is 4. The molecule has 4 aromatic carbocycles. The molecule has 164 valence electrons. The van der Waals surface area contributed by atoms with E-state index < -0.39 is 0 Å². The molecule has 1 aliphatic heterocycles. The summed E-state index contributed by atoms with van der Waals surface area (Å²) < 4.78 is 14.1. The second-order valence-electron chi connectivity index (χ2n) is 7.96. The zero-order valence-corrected chi connectivity index (χ0v) is 18.7. The lowest BCUT2D eigenvalue weighted by Crippen LogP contribution is -2.28. The third-order valence-electron chi connectivity index (χ3n) is 5.79. The summed E-state index contributed by atoms with van der Waals surface area (Å²) in [7, 11) is 0. The van der Waals surface area contributed by atoms with E-state index in [9.17, 15) is 14.0 Å². The van der Waals surface area contributed by atoms with Crippen LogP contribution in [0.15, 0.2) is 84.9 Å². The van der Waals surface area contributed by atoms with Crippen LogP contribution in [0.4, 0.5) is 15.8 Å². The summed E-state index contributed by atoms with van der Waals surface area (Å²) in [6.45, 7) is 1.70. The average molecular weight is 457 g/mol. The number of rotatable bonds is 4. The van der Waals surface area contributed by atoms with Gasteiger partial charge in [0, 0.05) is 16.9 Å². The van der Waals surface area contributed by atoms with Gasteiger partial charge < -0.3 is 5.32 Å². The van der Waals surface area contributed by atoms with E-state index in [1.54, 1.807) is 24.0 Å². The number of hydrogen-bond donors (Lipinski definition) is 1. The monoisotopic (exact) mass is 456 g/mol. The molecule has 0 spiro atoms. The maximum absolute atomic E-state index is 14.1. The highest BCUT2D eigenvalue weighted by atomic mass is 32.2. The molecular weight excluding hydrogens is 435 g/mol. The predicted octanol–water partition coefficient (Wildman–Crippen LogP) is 6.32. The van der Waals surface area contributed by atoms with Crippen molar-refractivity contribution in [1.29, 1.82) is 0 Å². The van der Waals surface area contributed by atoms with Crippen molar-refractivity contribution in [3.63, 3.8) is 0 Å². The van der Waals surface area contributed by atoms with Gasteiger partial charge in [-0.05, 0) is 59.2 Å². The first-order valence-electron chi connectivity index (χ1n) is 10.6. The molecule has 6 heteroatoms. The van der Waals surface area contributed by atoms with Crippen LogP contribution in [0.3, 0.4) is 0 Å². The highest BCUT2D eigenvalue weighted by molar-refractivity contribution is 8.00. The van der Waals surface area contributed by atoms with Gasteiger partial charge in [0.25, 0.3) is 5.91 Å². The van der Waals surface area contributed by atoms with Crippen molar-refractivity contribution in [1.82, 2.24) is 0 Å². The topological polar surface area (TPSA) is 49.4 Å². The zero-order chi connectivity index (χ0) is 22.9. The maximum Gasteiger partial charge on any atom is 0.256 e. The van der Waals surface area contributed by atoms with Gasteiger partial charge in [-0.15, -0.1) is 11.8 Å². The molecule has 1 N–H and O–H groups in total. The molecule has 1 atom stereocenters. The van der Waals surface area contributed by atoms with Gasteiger partial charge in [0.1, 0.15) is 11.2 Å². The molecule has 0 radical (unpaired) electrons. The van der Waals surface area contributed by atoms with Crippen molar-refractivity contribution >= 4 is 45.7 Å². The highest BCUT2D eigenvalue weighted by Gasteiger charge is 2.34. The Morgan fingerprint density at radius 1 is 1.00 bits per heavy atom. The largest absolute Gasteiger partial charge is 0.322 e. The molecule has 0 bridgehead atoms. The van der Waals surface area contributed by atoms with Gasteiger partial charge in [-0.2, -0.15) is 0 Å². The zero-order valence-electron chi connectivity index (χ0n) is 17.9. The molecule has 4 nitrogen and oxygen atoms in total. The third kappa shape index (κ3) is 4.10. The summed E-state index contributed by atoms with van der Waals surface area (Å²) in [5.74, 6) is -0.231. The number of amides is 2. The van der Waals surface area contributed by atoms with Crippen molar-refractivity contribution in [2.75, 3.05) is 16.0 Å². The number of fused-ring (bicyclic) bond motifs is 1. The van der Waals surface area contributed by atoms with Gasteiger partial charge in [-0.25, -0.2) is 4.39 Å². The molecule has 1 fully saturated rings. The van der Waals surface area contributed by atoms with Crippen LogP contribution in [0, 0.1) is 12.7 Å². The average Bonchev–Trinajstić information content (AvgIpc) is 3.22. The Bertz CT molecular complexity index is 1370. The number of carbonyl (C=O) groups is 2. The summed E-state index contributed by atoms with van der Waals surface area (Å²) in [5.41, 5.74) is 3.28. The number of halogens is 1. The molecule has 0 aromatic heterocycles. The third-order valence-corrected chi connectivity index (χ3v) is 7.00. The van der Waals surface area contributed by atoms with Crippen LogP contribution in [-0.2, 0) is 4.79 Å². The first kappa shape index (κ1) is 21.2. The summed E-state index contributed by atoms with van der Waals surface area (Å²) in [6, 6.07) is 25.8. The van der Waals surface area contributed by atoms with Crippen LogP contribution >= 0.6 is 11.8 Å². The van der Waals surface area contributed by atoms with E-state index in [4.69, 9.17) is 0 Å². The van der Waals surface area contributed by atoms with E-state index >= 15 is 0 Å². The van der Waals surface area contributed by atoms with E-state index in [0.29, 0.717) is 28.3 Å². The molecule has 2 amide bonds. The molecule has 5 rings (SSSR count). The van der Waals surface area contributed by atoms with Crippen molar-refractivity contribution < 1.29 is 14.0 Å².